The first-order valence-corrected chi connectivity index (χ1v) is 3.57. The molecule has 1 rings (SSSR count). The highest BCUT2D eigenvalue weighted by molar-refractivity contribution is 4.53. The SMILES string of the molecule is CCC[C@H](C)n1ncnn1. The first-order chi connectivity index (χ1) is 4.84. The molecule has 0 radical (unpaired) electrons. The van der Waals surface area contributed by atoms with Gasteiger partial charge in [0.15, 0.2) is 6.33 Å². The van der Waals surface area contributed by atoms with Gasteiger partial charge in [0.2, 0.25) is 0 Å². The predicted molar refractivity (Wildman–Crippen MR) is 37.4 cm³/mol. The zero-order valence-corrected chi connectivity index (χ0v) is 6.36. The van der Waals surface area contributed by atoms with E-state index in [4.69, 9.17) is 0 Å². The van der Waals surface area contributed by atoms with Gasteiger partial charge >= 0.3 is 0 Å². The molecule has 0 aliphatic carbocycles. The molecular weight excluding hydrogens is 128 g/mol. The van der Waals surface area contributed by atoms with E-state index in [-0.39, 0.29) is 0 Å². The fourth-order valence-corrected chi connectivity index (χ4v) is 0.910. The number of tetrazole rings is 1. The molecule has 1 heterocycles. The smallest absolute Gasteiger partial charge is 0.162 e. The van der Waals surface area contributed by atoms with E-state index >= 15 is 0 Å². The van der Waals surface area contributed by atoms with Crippen LogP contribution >= 0.6 is 0 Å². The molecule has 0 amide bonds. The first-order valence-electron chi connectivity index (χ1n) is 3.57. The fraction of sp³-hybridized carbons (Fsp3) is 0.833. The van der Waals surface area contributed by atoms with E-state index in [1.165, 1.54) is 6.33 Å². The van der Waals surface area contributed by atoms with Crippen molar-refractivity contribution < 1.29 is 0 Å². The maximum atomic E-state index is 3.93. The van der Waals surface area contributed by atoms with Crippen molar-refractivity contribution in [3.8, 4) is 0 Å². The molecule has 56 valence electrons. The van der Waals surface area contributed by atoms with Crippen molar-refractivity contribution >= 4 is 0 Å². The third-order valence-electron chi connectivity index (χ3n) is 1.47. The second-order valence-electron chi connectivity index (χ2n) is 2.39. The van der Waals surface area contributed by atoms with Gasteiger partial charge in [0.25, 0.3) is 0 Å². The summed E-state index contributed by atoms with van der Waals surface area (Å²) >= 11 is 0. The quantitative estimate of drug-likeness (QED) is 0.630. The number of hydrogen-bond acceptors (Lipinski definition) is 3. The van der Waals surface area contributed by atoms with E-state index in [0.717, 1.165) is 12.8 Å². The van der Waals surface area contributed by atoms with Crippen molar-refractivity contribution in [2.75, 3.05) is 0 Å². The molecule has 10 heavy (non-hydrogen) atoms. The highest BCUT2D eigenvalue weighted by Gasteiger charge is 2.02. The van der Waals surface area contributed by atoms with E-state index in [0.29, 0.717) is 6.04 Å². The Labute approximate surface area is 60.2 Å². The van der Waals surface area contributed by atoms with E-state index in [1.807, 2.05) is 0 Å². The van der Waals surface area contributed by atoms with Crippen LogP contribution in [-0.2, 0) is 0 Å². The van der Waals surface area contributed by atoms with Crippen molar-refractivity contribution in [3.05, 3.63) is 6.33 Å². The van der Waals surface area contributed by atoms with Gasteiger partial charge in [0.1, 0.15) is 0 Å². The van der Waals surface area contributed by atoms with E-state index in [2.05, 4.69) is 29.3 Å². The highest BCUT2D eigenvalue weighted by atomic mass is 15.6. The maximum Gasteiger partial charge on any atom is 0.162 e. The van der Waals surface area contributed by atoms with Gasteiger partial charge in [-0.25, -0.2) is 0 Å². The molecule has 0 unspecified atom stereocenters. The molecule has 0 fully saturated rings. The third-order valence-corrected chi connectivity index (χ3v) is 1.47. The first kappa shape index (κ1) is 7.18. The summed E-state index contributed by atoms with van der Waals surface area (Å²) in [5.74, 6) is 0. The molecule has 0 spiro atoms. The number of hydrogen-bond donors (Lipinski definition) is 0. The molecule has 0 bridgehead atoms. The molecule has 4 nitrogen and oxygen atoms in total. The molecule has 1 aromatic heterocycles. The number of rotatable bonds is 3. The Hall–Kier alpha value is -0.930. The Kier molecular flexibility index (Phi) is 2.36. The molecule has 0 saturated heterocycles. The van der Waals surface area contributed by atoms with Gasteiger partial charge in [0, 0.05) is 0 Å². The van der Waals surface area contributed by atoms with Crippen LogP contribution in [-0.4, -0.2) is 20.2 Å². The minimum Gasteiger partial charge on any atom is -0.162 e. The van der Waals surface area contributed by atoms with E-state index < -0.39 is 0 Å². The lowest BCUT2D eigenvalue weighted by Gasteiger charge is -2.05. The lowest BCUT2D eigenvalue weighted by molar-refractivity contribution is 0.398. The zero-order valence-electron chi connectivity index (χ0n) is 6.36. The summed E-state index contributed by atoms with van der Waals surface area (Å²) < 4.78 is 0. The number of nitrogens with zero attached hydrogens (tertiary/aromatic N) is 4. The summed E-state index contributed by atoms with van der Waals surface area (Å²) in [4.78, 5) is 1.64. The summed E-state index contributed by atoms with van der Waals surface area (Å²) in [5, 5.41) is 11.3. The summed E-state index contributed by atoms with van der Waals surface area (Å²) in [7, 11) is 0. The fourth-order valence-electron chi connectivity index (χ4n) is 0.910. The molecule has 0 aromatic carbocycles. The van der Waals surface area contributed by atoms with Gasteiger partial charge in [0.05, 0.1) is 6.04 Å². The Morgan fingerprint density at radius 1 is 1.60 bits per heavy atom. The summed E-state index contributed by atoms with van der Waals surface area (Å²) in [5.41, 5.74) is 0. The van der Waals surface area contributed by atoms with Crippen LogP contribution in [0.3, 0.4) is 0 Å². The normalized spacial score (nSPS) is 13.4. The Balaban J connectivity index is 2.50. The summed E-state index contributed by atoms with van der Waals surface area (Å²) in [6.07, 6.45) is 3.73. The van der Waals surface area contributed by atoms with Gasteiger partial charge in [-0.15, -0.1) is 10.2 Å². The van der Waals surface area contributed by atoms with Crippen LogP contribution in [0.25, 0.3) is 0 Å². The van der Waals surface area contributed by atoms with Gasteiger partial charge in [-0.1, -0.05) is 13.3 Å². The molecular formula is C6H12N4. The van der Waals surface area contributed by atoms with Crippen molar-refractivity contribution in [2.24, 2.45) is 0 Å². The van der Waals surface area contributed by atoms with Crippen LogP contribution in [0, 0.1) is 0 Å². The summed E-state index contributed by atoms with van der Waals surface area (Å²) in [6, 6.07) is 0.382. The zero-order chi connectivity index (χ0) is 7.40. The van der Waals surface area contributed by atoms with Crippen LogP contribution in [0.2, 0.25) is 0 Å². The second-order valence-corrected chi connectivity index (χ2v) is 2.39. The molecule has 4 heteroatoms. The van der Waals surface area contributed by atoms with Crippen LogP contribution in [0.15, 0.2) is 6.33 Å². The molecule has 0 aliphatic heterocycles. The van der Waals surface area contributed by atoms with Crippen LogP contribution in [0.1, 0.15) is 32.7 Å². The Morgan fingerprint density at radius 2 is 2.40 bits per heavy atom. The van der Waals surface area contributed by atoms with Gasteiger partial charge in [-0.3, -0.25) is 0 Å². The predicted octanol–water partition coefficient (Wildman–Crippen LogP) is 1.03. The average Bonchev–Trinajstić information content (AvgIpc) is 2.38. The second kappa shape index (κ2) is 3.29. The third kappa shape index (κ3) is 1.52. The molecule has 0 aliphatic rings. The van der Waals surface area contributed by atoms with Crippen LogP contribution in [0.4, 0.5) is 0 Å². The monoisotopic (exact) mass is 140 g/mol. The average molecular weight is 140 g/mol. The van der Waals surface area contributed by atoms with Crippen molar-refractivity contribution in [3.63, 3.8) is 0 Å². The largest absolute Gasteiger partial charge is 0.162 e. The lowest BCUT2D eigenvalue weighted by Crippen LogP contribution is -2.08. The van der Waals surface area contributed by atoms with Gasteiger partial charge < -0.3 is 0 Å². The molecule has 0 saturated carbocycles. The minimum atomic E-state index is 0.382. The molecule has 1 atom stereocenters. The standard InChI is InChI=1S/C6H12N4/c1-3-4-6(2)10-8-5-7-9-10/h5-6H,3-4H2,1-2H3/t6-/m0/s1. The topological polar surface area (TPSA) is 43.6 Å². The number of aromatic nitrogens is 4. The van der Waals surface area contributed by atoms with E-state index in [9.17, 15) is 0 Å². The van der Waals surface area contributed by atoms with Crippen molar-refractivity contribution in [2.45, 2.75) is 32.7 Å². The van der Waals surface area contributed by atoms with Gasteiger partial charge in [-0.05, 0) is 18.6 Å². The lowest BCUT2D eigenvalue weighted by atomic mass is 10.2. The Bertz CT molecular complexity index is 170. The highest BCUT2D eigenvalue weighted by Crippen LogP contribution is 2.07. The van der Waals surface area contributed by atoms with Crippen LogP contribution in [0.5, 0.6) is 0 Å². The maximum absolute atomic E-state index is 3.93. The van der Waals surface area contributed by atoms with Crippen molar-refractivity contribution in [1.29, 1.82) is 0 Å². The summed E-state index contributed by atoms with van der Waals surface area (Å²) in [6.45, 7) is 4.23. The van der Waals surface area contributed by atoms with Gasteiger partial charge in [-0.2, -0.15) is 4.80 Å². The molecule has 0 N–H and O–H groups in total. The van der Waals surface area contributed by atoms with Crippen molar-refractivity contribution in [1.82, 2.24) is 20.2 Å². The minimum absolute atomic E-state index is 0.382. The molecule has 1 aromatic rings. The van der Waals surface area contributed by atoms with E-state index in [1.54, 1.807) is 4.80 Å². The van der Waals surface area contributed by atoms with Crippen LogP contribution < -0.4 is 0 Å². The Morgan fingerprint density at radius 3 is 2.90 bits per heavy atom.